The van der Waals surface area contributed by atoms with Crippen molar-refractivity contribution in [3.63, 3.8) is 0 Å². The van der Waals surface area contributed by atoms with Crippen molar-refractivity contribution in [2.45, 2.75) is 112 Å². The van der Waals surface area contributed by atoms with Crippen molar-refractivity contribution in [1.82, 2.24) is 0 Å². The Morgan fingerprint density at radius 1 is 0.659 bits per heavy atom. The van der Waals surface area contributed by atoms with E-state index in [4.69, 9.17) is 37.9 Å². The van der Waals surface area contributed by atoms with Gasteiger partial charge in [-0.1, -0.05) is 56.9 Å². The Balaban J connectivity index is 1.27. The van der Waals surface area contributed by atoms with Crippen molar-refractivity contribution >= 4 is 43.6 Å². The van der Waals surface area contributed by atoms with E-state index in [1.807, 2.05) is 0 Å². The van der Waals surface area contributed by atoms with Gasteiger partial charge in [-0.05, 0) is 135 Å². The van der Waals surface area contributed by atoms with Crippen LogP contribution in [0.25, 0.3) is 5.53 Å². The Bertz CT molecular complexity index is 1690. The molecule has 4 saturated carbocycles. The van der Waals surface area contributed by atoms with Gasteiger partial charge in [-0.2, -0.15) is 42.7 Å². The third kappa shape index (κ3) is 5.62. The van der Waals surface area contributed by atoms with E-state index in [1.165, 1.54) is 11.1 Å². The minimum absolute atomic E-state index is 0.0203. The van der Waals surface area contributed by atoms with Gasteiger partial charge in [0.2, 0.25) is 0 Å². The van der Waals surface area contributed by atoms with Gasteiger partial charge < -0.3 is 5.53 Å². The molecule has 4 fully saturated rings. The number of hydrogen-bond acceptors (Lipinski definition) is 3. The highest BCUT2D eigenvalue weighted by atomic mass is 32.1. The summed E-state index contributed by atoms with van der Waals surface area (Å²) in [5.74, 6) is 6.79. The van der Waals surface area contributed by atoms with Crippen LogP contribution >= 0.6 is 37.9 Å². The van der Waals surface area contributed by atoms with Crippen LogP contribution in [0.3, 0.4) is 0 Å². The molecule has 0 saturated heterocycles. The van der Waals surface area contributed by atoms with E-state index in [9.17, 15) is 5.53 Å². The fourth-order valence-electron chi connectivity index (χ4n) is 9.24. The SMILES string of the molecule is Cc1cc(C#Cc2ccc(C34CC5(S)CC(S)(CC(S)(C5)C3)C4)cc2)cc(C)c1C(=[N+]=[N-])c1c(C)cc(C(C)(C)C)cc1C. The number of rotatable bonds is 3. The molecule has 228 valence electrons. The molecule has 4 aliphatic rings. The Morgan fingerprint density at radius 2 is 1.07 bits per heavy atom. The minimum Gasteiger partial charge on any atom is -0.361 e. The smallest absolute Gasteiger partial charge is 0.330 e. The molecule has 0 N–H and O–H groups in total. The number of hydrogen-bond donors (Lipinski definition) is 3. The van der Waals surface area contributed by atoms with Crippen molar-refractivity contribution < 1.29 is 4.79 Å². The topological polar surface area (TPSA) is 36.4 Å². The summed E-state index contributed by atoms with van der Waals surface area (Å²) in [6.07, 6.45) is 6.52. The Hall–Kier alpha value is -2.35. The minimum atomic E-state index is 0.0203. The predicted molar refractivity (Wildman–Crippen MR) is 194 cm³/mol. The van der Waals surface area contributed by atoms with Gasteiger partial charge in [0.05, 0.1) is 11.1 Å². The molecule has 0 aromatic heterocycles. The number of benzene rings is 3. The van der Waals surface area contributed by atoms with Gasteiger partial charge >= 0.3 is 5.71 Å². The second-order valence-corrected chi connectivity index (χ2v) is 18.4. The summed E-state index contributed by atoms with van der Waals surface area (Å²) < 4.78 is 0.0610. The van der Waals surface area contributed by atoms with Crippen LogP contribution in [0, 0.1) is 39.5 Å². The third-order valence-electron chi connectivity index (χ3n) is 10.3. The van der Waals surface area contributed by atoms with Gasteiger partial charge in [-0.25, -0.2) is 0 Å². The molecule has 4 bridgehead atoms. The number of aryl methyl sites for hydroxylation is 4. The maximum atomic E-state index is 10.3. The summed E-state index contributed by atoms with van der Waals surface area (Å²) in [7, 11) is 0. The van der Waals surface area contributed by atoms with Crippen LogP contribution in [0.4, 0.5) is 0 Å². The molecule has 3 aromatic rings. The quantitative estimate of drug-likeness (QED) is 0.0843. The molecular weight excluding hydrogens is 593 g/mol. The van der Waals surface area contributed by atoms with Crippen LogP contribution in [0.1, 0.15) is 115 Å². The summed E-state index contributed by atoms with van der Waals surface area (Å²) in [4.78, 5) is 3.84. The Morgan fingerprint density at radius 3 is 1.48 bits per heavy atom. The summed E-state index contributed by atoms with van der Waals surface area (Å²) >= 11 is 15.6. The molecule has 2 nitrogen and oxygen atoms in total. The van der Waals surface area contributed by atoms with Gasteiger partial charge in [-0.15, -0.1) is 0 Å². The second kappa shape index (κ2) is 10.6. The van der Waals surface area contributed by atoms with E-state index >= 15 is 0 Å². The van der Waals surface area contributed by atoms with E-state index in [0.717, 1.165) is 83.0 Å². The maximum absolute atomic E-state index is 10.3. The average molecular weight is 637 g/mol. The summed E-state index contributed by atoms with van der Waals surface area (Å²) in [6.45, 7) is 15.0. The molecule has 0 amide bonds. The summed E-state index contributed by atoms with van der Waals surface area (Å²) in [5.41, 5.74) is 21.9. The molecule has 0 heterocycles. The first-order chi connectivity index (χ1) is 20.5. The number of thiol groups is 3. The molecule has 7 rings (SSSR count). The van der Waals surface area contributed by atoms with Crippen molar-refractivity contribution in [1.29, 1.82) is 0 Å². The van der Waals surface area contributed by atoms with Gasteiger partial charge in [-0.3, -0.25) is 0 Å². The fourth-order valence-corrected chi connectivity index (χ4v) is 12.3. The second-order valence-electron chi connectivity index (χ2n) is 15.5. The zero-order valence-corrected chi connectivity index (χ0v) is 29.8. The highest BCUT2D eigenvalue weighted by Crippen LogP contribution is 2.70. The molecule has 5 heteroatoms. The van der Waals surface area contributed by atoms with Crippen LogP contribution in [0.2, 0.25) is 0 Å². The van der Waals surface area contributed by atoms with Crippen LogP contribution in [0.5, 0.6) is 0 Å². The van der Waals surface area contributed by atoms with Crippen molar-refractivity contribution in [2.75, 3.05) is 0 Å². The molecule has 0 spiro atoms. The zero-order chi connectivity index (χ0) is 31.9. The highest BCUT2D eigenvalue weighted by Gasteiger charge is 2.66. The number of nitrogens with zero attached hydrogens (tertiary/aromatic N) is 2. The van der Waals surface area contributed by atoms with E-state index in [1.54, 1.807) is 0 Å². The van der Waals surface area contributed by atoms with Crippen molar-refractivity contribution in [3.05, 3.63) is 110 Å². The summed E-state index contributed by atoms with van der Waals surface area (Å²) in [6, 6.07) is 17.5. The lowest BCUT2D eigenvalue weighted by molar-refractivity contribution is -0.00295. The molecule has 0 aliphatic heterocycles. The van der Waals surface area contributed by atoms with Gasteiger partial charge in [0, 0.05) is 25.4 Å². The highest BCUT2D eigenvalue weighted by molar-refractivity contribution is 7.84. The lowest BCUT2D eigenvalue weighted by Gasteiger charge is -2.67. The summed E-state index contributed by atoms with van der Waals surface area (Å²) in [5, 5.41) is 0. The van der Waals surface area contributed by atoms with E-state index < -0.39 is 0 Å². The van der Waals surface area contributed by atoms with Gasteiger partial charge in [0.1, 0.15) is 0 Å². The van der Waals surface area contributed by atoms with Crippen molar-refractivity contribution in [2.24, 2.45) is 0 Å². The Kier molecular flexibility index (Phi) is 7.62. The van der Waals surface area contributed by atoms with Crippen LogP contribution in [-0.4, -0.2) is 24.7 Å². The fraction of sp³-hybridized carbons (Fsp3) is 0.462. The Labute approximate surface area is 280 Å². The van der Waals surface area contributed by atoms with Crippen LogP contribution in [0.15, 0.2) is 48.5 Å². The van der Waals surface area contributed by atoms with E-state index in [0.29, 0.717) is 5.71 Å². The lowest BCUT2D eigenvalue weighted by Crippen LogP contribution is -2.66. The maximum Gasteiger partial charge on any atom is 0.330 e. The van der Waals surface area contributed by atoms with Gasteiger partial charge in [0.25, 0.3) is 0 Å². The monoisotopic (exact) mass is 636 g/mol. The van der Waals surface area contributed by atoms with E-state index in [2.05, 4.69) is 114 Å². The normalized spacial score (nSPS) is 28.8. The van der Waals surface area contributed by atoms with Gasteiger partial charge in [0.15, 0.2) is 0 Å². The first-order valence-electron chi connectivity index (χ1n) is 15.7. The van der Waals surface area contributed by atoms with E-state index in [-0.39, 0.29) is 25.1 Å². The van der Waals surface area contributed by atoms with Crippen molar-refractivity contribution in [3.8, 4) is 11.8 Å². The van der Waals surface area contributed by atoms with Crippen LogP contribution < -0.4 is 0 Å². The first kappa shape index (κ1) is 31.6. The largest absolute Gasteiger partial charge is 0.361 e. The molecule has 0 unspecified atom stereocenters. The molecule has 44 heavy (non-hydrogen) atoms. The molecule has 4 aliphatic carbocycles. The average Bonchev–Trinajstić information content (AvgIpc) is 2.87. The lowest BCUT2D eigenvalue weighted by atomic mass is 9.47. The molecule has 0 radical (unpaired) electrons. The third-order valence-corrected chi connectivity index (χ3v) is 11.8. The molecule has 3 aromatic carbocycles. The standard InChI is InChI=1S/C39H44N2S3/c1-24-14-29(15-25(2)32(24)34(41-40)33-26(3)16-31(17-27(33)4)35(5,6)7)9-8-28-10-12-30(13-11-28)36-18-37(42)21-38(43,19-36)23-39(44,20-36)22-37/h10-17,42-44H,18-23H2,1-7H3. The molecule has 0 atom stereocenters. The predicted octanol–water partition coefficient (Wildman–Crippen LogP) is 9.31. The molecular formula is C39H44N2S3. The first-order valence-corrected chi connectivity index (χ1v) is 17.1. The zero-order valence-electron chi connectivity index (χ0n) is 27.1. The van der Waals surface area contributed by atoms with Crippen LogP contribution in [-0.2, 0) is 10.8 Å².